The fourth-order valence-corrected chi connectivity index (χ4v) is 2.23. The second-order valence-corrected chi connectivity index (χ2v) is 5.23. The van der Waals surface area contributed by atoms with Gasteiger partial charge < -0.3 is 10.1 Å². The fourth-order valence-electron chi connectivity index (χ4n) is 2.23. The van der Waals surface area contributed by atoms with Crippen molar-refractivity contribution < 1.29 is 13.5 Å². The van der Waals surface area contributed by atoms with E-state index in [2.05, 4.69) is 12.2 Å². The molecule has 0 radical (unpaired) electrons. The highest BCUT2D eigenvalue weighted by Crippen LogP contribution is 2.28. The van der Waals surface area contributed by atoms with Gasteiger partial charge in [-0.25, -0.2) is 8.78 Å². The van der Waals surface area contributed by atoms with Gasteiger partial charge in [0.05, 0.1) is 0 Å². The molecule has 0 unspecified atom stereocenters. The quantitative estimate of drug-likeness (QED) is 0.893. The molecule has 0 aromatic heterocycles. The van der Waals surface area contributed by atoms with Crippen LogP contribution >= 0.6 is 0 Å². The van der Waals surface area contributed by atoms with Crippen molar-refractivity contribution in [2.24, 2.45) is 5.41 Å². The van der Waals surface area contributed by atoms with E-state index >= 15 is 0 Å². The Morgan fingerprint density at radius 1 is 1.22 bits per heavy atom. The van der Waals surface area contributed by atoms with Gasteiger partial charge in [-0.3, -0.25) is 0 Å². The molecule has 0 spiro atoms. The molecule has 1 N–H and O–H groups in total. The Kier molecular flexibility index (Phi) is 4.30. The lowest BCUT2D eigenvalue weighted by Crippen LogP contribution is -2.36. The Labute approximate surface area is 106 Å². The minimum Gasteiger partial charge on any atom is -0.381 e. The summed E-state index contributed by atoms with van der Waals surface area (Å²) in [6.45, 7) is 4.71. The molecule has 1 aliphatic rings. The van der Waals surface area contributed by atoms with Crippen LogP contribution in [0.15, 0.2) is 18.2 Å². The van der Waals surface area contributed by atoms with Crippen LogP contribution in [0, 0.1) is 17.0 Å². The Bertz CT molecular complexity index is 383. The molecule has 0 amide bonds. The summed E-state index contributed by atoms with van der Waals surface area (Å²) in [5.74, 6) is -0.973. The molecular formula is C14H19F2NO. The van der Waals surface area contributed by atoms with E-state index in [0.717, 1.165) is 32.6 Å². The first-order valence-corrected chi connectivity index (χ1v) is 6.32. The average Bonchev–Trinajstić information content (AvgIpc) is 2.34. The smallest absolute Gasteiger partial charge is 0.130 e. The first kappa shape index (κ1) is 13.4. The van der Waals surface area contributed by atoms with Crippen LogP contribution in [0.1, 0.15) is 25.3 Å². The fraction of sp³-hybridized carbons (Fsp3) is 0.571. The van der Waals surface area contributed by atoms with E-state index in [1.165, 1.54) is 18.2 Å². The van der Waals surface area contributed by atoms with Crippen molar-refractivity contribution in [1.29, 1.82) is 0 Å². The van der Waals surface area contributed by atoms with Gasteiger partial charge in [0, 0.05) is 31.9 Å². The summed E-state index contributed by atoms with van der Waals surface area (Å²) < 4.78 is 32.1. The van der Waals surface area contributed by atoms with Gasteiger partial charge >= 0.3 is 0 Å². The molecule has 1 heterocycles. The van der Waals surface area contributed by atoms with Crippen LogP contribution in [0.3, 0.4) is 0 Å². The Hall–Kier alpha value is -1.00. The standard InChI is InChI=1S/C14H19F2NO/c1-14(5-7-18-8-6-14)10-17-9-11-12(15)3-2-4-13(11)16/h2-4,17H,5-10H2,1H3. The van der Waals surface area contributed by atoms with E-state index in [1.54, 1.807) is 0 Å². The highest BCUT2D eigenvalue weighted by Gasteiger charge is 2.26. The summed E-state index contributed by atoms with van der Waals surface area (Å²) in [4.78, 5) is 0. The predicted octanol–water partition coefficient (Wildman–Crippen LogP) is 2.87. The molecule has 1 aliphatic heterocycles. The SMILES string of the molecule is CC1(CNCc2c(F)cccc2F)CCOCC1. The third-order valence-electron chi connectivity index (χ3n) is 3.62. The lowest BCUT2D eigenvalue weighted by atomic mass is 9.82. The summed E-state index contributed by atoms with van der Waals surface area (Å²) in [5.41, 5.74) is 0.285. The van der Waals surface area contributed by atoms with Crippen molar-refractivity contribution in [2.75, 3.05) is 19.8 Å². The maximum absolute atomic E-state index is 13.4. The number of hydrogen-bond donors (Lipinski definition) is 1. The van der Waals surface area contributed by atoms with Crippen LogP contribution in [0.2, 0.25) is 0 Å². The average molecular weight is 255 g/mol. The van der Waals surface area contributed by atoms with Crippen molar-refractivity contribution in [1.82, 2.24) is 5.32 Å². The van der Waals surface area contributed by atoms with Crippen LogP contribution in [-0.4, -0.2) is 19.8 Å². The van der Waals surface area contributed by atoms with Crippen LogP contribution < -0.4 is 5.32 Å². The van der Waals surface area contributed by atoms with E-state index in [-0.39, 0.29) is 17.5 Å². The minimum atomic E-state index is -0.486. The zero-order chi connectivity index (χ0) is 13.0. The van der Waals surface area contributed by atoms with Crippen molar-refractivity contribution in [3.8, 4) is 0 Å². The topological polar surface area (TPSA) is 21.3 Å². The van der Waals surface area contributed by atoms with Gasteiger partial charge in [0.2, 0.25) is 0 Å². The first-order chi connectivity index (χ1) is 8.61. The van der Waals surface area contributed by atoms with E-state index in [0.29, 0.717) is 0 Å². The number of rotatable bonds is 4. The Morgan fingerprint density at radius 3 is 2.44 bits per heavy atom. The highest BCUT2D eigenvalue weighted by molar-refractivity contribution is 5.19. The van der Waals surface area contributed by atoms with Gasteiger partial charge in [-0.2, -0.15) is 0 Å². The maximum atomic E-state index is 13.4. The molecular weight excluding hydrogens is 236 g/mol. The second-order valence-electron chi connectivity index (χ2n) is 5.23. The molecule has 2 nitrogen and oxygen atoms in total. The third kappa shape index (κ3) is 3.27. The maximum Gasteiger partial charge on any atom is 0.130 e. The zero-order valence-corrected chi connectivity index (χ0v) is 10.6. The van der Waals surface area contributed by atoms with Crippen LogP contribution in [0.25, 0.3) is 0 Å². The molecule has 100 valence electrons. The van der Waals surface area contributed by atoms with E-state index in [9.17, 15) is 8.78 Å². The van der Waals surface area contributed by atoms with E-state index in [1.807, 2.05) is 0 Å². The Balaban J connectivity index is 1.88. The predicted molar refractivity (Wildman–Crippen MR) is 66.2 cm³/mol. The normalized spacial score (nSPS) is 18.8. The van der Waals surface area contributed by atoms with Crippen molar-refractivity contribution in [3.63, 3.8) is 0 Å². The largest absolute Gasteiger partial charge is 0.381 e. The molecule has 0 atom stereocenters. The summed E-state index contributed by atoms with van der Waals surface area (Å²) in [7, 11) is 0. The summed E-state index contributed by atoms with van der Waals surface area (Å²) in [5, 5.41) is 3.16. The van der Waals surface area contributed by atoms with Gasteiger partial charge in [-0.05, 0) is 30.4 Å². The van der Waals surface area contributed by atoms with Crippen LogP contribution in [-0.2, 0) is 11.3 Å². The summed E-state index contributed by atoms with van der Waals surface area (Å²) in [6.07, 6.45) is 1.97. The number of nitrogens with one attached hydrogen (secondary N) is 1. The van der Waals surface area contributed by atoms with Gasteiger partial charge in [0.25, 0.3) is 0 Å². The molecule has 2 rings (SSSR count). The molecule has 18 heavy (non-hydrogen) atoms. The summed E-state index contributed by atoms with van der Waals surface area (Å²) >= 11 is 0. The lowest BCUT2D eigenvalue weighted by molar-refractivity contribution is 0.0239. The molecule has 1 aromatic carbocycles. The molecule has 0 bridgehead atoms. The molecule has 4 heteroatoms. The number of benzene rings is 1. The Morgan fingerprint density at radius 2 is 1.83 bits per heavy atom. The van der Waals surface area contributed by atoms with Gasteiger partial charge in [0.15, 0.2) is 0 Å². The molecule has 0 aliphatic carbocycles. The minimum absolute atomic E-state index is 0.119. The van der Waals surface area contributed by atoms with Crippen molar-refractivity contribution in [2.45, 2.75) is 26.3 Å². The monoisotopic (exact) mass is 255 g/mol. The van der Waals surface area contributed by atoms with Gasteiger partial charge in [-0.15, -0.1) is 0 Å². The first-order valence-electron chi connectivity index (χ1n) is 6.32. The van der Waals surface area contributed by atoms with E-state index in [4.69, 9.17) is 4.74 Å². The van der Waals surface area contributed by atoms with Gasteiger partial charge in [0.1, 0.15) is 11.6 Å². The zero-order valence-electron chi connectivity index (χ0n) is 10.6. The van der Waals surface area contributed by atoms with Crippen molar-refractivity contribution in [3.05, 3.63) is 35.4 Å². The number of hydrogen-bond acceptors (Lipinski definition) is 2. The third-order valence-corrected chi connectivity index (χ3v) is 3.62. The van der Waals surface area contributed by atoms with E-state index < -0.39 is 11.6 Å². The van der Waals surface area contributed by atoms with Gasteiger partial charge in [-0.1, -0.05) is 13.0 Å². The van der Waals surface area contributed by atoms with Crippen LogP contribution in [0.5, 0.6) is 0 Å². The lowest BCUT2D eigenvalue weighted by Gasteiger charge is -2.33. The number of ether oxygens (including phenoxy) is 1. The molecule has 1 fully saturated rings. The second kappa shape index (κ2) is 5.76. The number of halogens is 2. The highest BCUT2D eigenvalue weighted by atomic mass is 19.1. The molecule has 1 saturated heterocycles. The van der Waals surface area contributed by atoms with Crippen molar-refractivity contribution >= 4 is 0 Å². The molecule has 1 aromatic rings. The summed E-state index contributed by atoms with van der Waals surface area (Å²) in [6, 6.07) is 3.96. The van der Waals surface area contributed by atoms with Crippen LogP contribution in [0.4, 0.5) is 8.78 Å². The molecule has 0 saturated carbocycles.